The second-order valence-corrected chi connectivity index (χ2v) is 5.70. The molecule has 1 unspecified atom stereocenters. The van der Waals surface area contributed by atoms with E-state index in [1.165, 1.54) is 0 Å². The van der Waals surface area contributed by atoms with Gasteiger partial charge in [0.1, 0.15) is 11.5 Å². The van der Waals surface area contributed by atoms with Crippen LogP contribution in [0.15, 0.2) is 18.5 Å². The number of aromatic nitrogens is 4. The molecule has 0 bridgehead atoms. The largest absolute Gasteiger partial charge is 0.432 e. The average molecular weight is 313 g/mol. The van der Waals surface area contributed by atoms with Crippen molar-refractivity contribution in [3.05, 3.63) is 35.7 Å². The highest BCUT2D eigenvalue weighted by Crippen LogP contribution is 2.31. The third-order valence-corrected chi connectivity index (χ3v) is 4.10. The van der Waals surface area contributed by atoms with Gasteiger partial charge in [-0.3, -0.25) is 9.58 Å². The number of piperidine rings is 1. The predicted molar refractivity (Wildman–Crippen MR) is 74.0 cm³/mol. The fourth-order valence-electron chi connectivity index (χ4n) is 2.90. The monoisotopic (exact) mass is 313 g/mol. The minimum Gasteiger partial charge on any atom is -0.338 e. The van der Waals surface area contributed by atoms with E-state index in [9.17, 15) is 13.2 Å². The van der Waals surface area contributed by atoms with Crippen LogP contribution in [0.4, 0.5) is 13.2 Å². The quantitative estimate of drug-likeness (QED) is 0.947. The molecule has 0 aromatic carbocycles. The number of nitrogens with zero attached hydrogens (tertiary/aromatic N) is 4. The maximum absolute atomic E-state index is 12.7. The summed E-state index contributed by atoms with van der Waals surface area (Å²) < 4.78 is 39.8. The fraction of sp³-hybridized carbons (Fsp3) is 0.571. The number of alkyl halides is 3. The van der Waals surface area contributed by atoms with Crippen LogP contribution in [0.5, 0.6) is 0 Å². The van der Waals surface area contributed by atoms with Crippen molar-refractivity contribution in [3.63, 3.8) is 0 Å². The van der Waals surface area contributed by atoms with Gasteiger partial charge in [0.2, 0.25) is 0 Å². The number of aryl methyl sites for hydroxylation is 1. The standard InChI is InChI=1S/C14H18F3N5/c1-21-11(4-5-19-21)9-22-6-2-3-10(8-22)13-18-7-12(20-13)14(15,16)17/h4-5,7,10H,2-3,6,8-9H2,1H3,(H,18,20). The maximum Gasteiger partial charge on any atom is 0.432 e. The molecule has 2 aromatic rings. The van der Waals surface area contributed by atoms with Gasteiger partial charge in [-0.25, -0.2) is 4.98 Å². The van der Waals surface area contributed by atoms with Crippen LogP contribution < -0.4 is 0 Å². The first-order chi connectivity index (χ1) is 10.4. The lowest BCUT2D eigenvalue weighted by Crippen LogP contribution is -2.34. The summed E-state index contributed by atoms with van der Waals surface area (Å²) in [6.07, 6.45) is 0.0693. The van der Waals surface area contributed by atoms with E-state index < -0.39 is 11.9 Å². The van der Waals surface area contributed by atoms with Gasteiger partial charge in [0.05, 0.1) is 11.9 Å². The Bertz CT molecular complexity index is 630. The molecule has 1 aliphatic heterocycles. The molecule has 1 saturated heterocycles. The van der Waals surface area contributed by atoms with Crippen LogP contribution in [-0.4, -0.2) is 37.7 Å². The maximum atomic E-state index is 12.7. The number of hydrogen-bond donors (Lipinski definition) is 1. The van der Waals surface area contributed by atoms with Gasteiger partial charge >= 0.3 is 6.18 Å². The molecule has 22 heavy (non-hydrogen) atoms. The number of H-pyrrole nitrogens is 1. The number of imidazole rings is 1. The molecule has 2 aromatic heterocycles. The molecule has 1 aliphatic rings. The fourth-order valence-corrected chi connectivity index (χ4v) is 2.90. The SMILES string of the molecule is Cn1nccc1CN1CCCC(c2ncc(C(F)(F)F)[nH]2)C1. The molecular formula is C14H18F3N5. The normalized spacial score (nSPS) is 20.5. The van der Waals surface area contributed by atoms with E-state index >= 15 is 0 Å². The van der Waals surface area contributed by atoms with E-state index in [0.717, 1.165) is 37.8 Å². The number of hydrogen-bond acceptors (Lipinski definition) is 3. The summed E-state index contributed by atoms with van der Waals surface area (Å²) in [5.41, 5.74) is 0.322. The Morgan fingerprint density at radius 2 is 2.23 bits per heavy atom. The van der Waals surface area contributed by atoms with Crippen molar-refractivity contribution in [1.82, 2.24) is 24.6 Å². The third kappa shape index (κ3) is 3.16. The summed E-state index contributed by atoms with van der Waals surface area (Å²) in [4.78, 5) is 8.61. The van der Waals surface area contributed by atoms with E-state index in [1.54, 1.807) is 6.20 Å². The highest BCUT2D eigenvalue weighted by Gasteiger charge is 2.34. The Labute approximate surface area is 126 Å². The van der Waals surface area contributed by atoms with Crippen LogP contribution in [0.25, 0.3) is 0 Å². The smallest absolute Gasteiger partial charge is 0.338 e. The van der Waals surface area contributed by atoms with E-state index in [1.807, 2.05) is 17.8 Å². The summed E-state index contributed by atoms with van der Waals surface area (Å²) in [7, 11) is 1.89. The topological polar surface area (TPSA) is 49.7 Å². The van der Waals surface area contributed by atoms with E-state index in [2.05, 4.69) is 20.0 Å². The number of aromatic amines is 1. The molecular weight excluding hydrogens is 295 g/mol. The number of rotatable bonds is 3. The van der Waals surface area contributed by atoms with Crippen molar-refractivity contribution < 1.29 is 13.2 Å². The molecule has 0 spiro atoms. The molecule has 3 heterocycles. The van der Waals surface area contributed by atoms with Gasteiger partial charge in [-0.1, -0.05) is 0 Å². The van der Waals surface area contributed by atoms with Gasteiger partial charge in [0, 0.05) is 32.3 Å². The van der Waals surface area contributed by atoms with Crippen LogP contribution in [-0.2, 0) is 19.8 Å². The minimum absolute atomic E-state index is 0.0121. The van der Waals surface area contributed by atoms with E-state index in [-0.39, 0.29) is 5.92 Å². The van der Waals surface area contributed by atoms with Crippen molar-refractivity contribution >= 4 is 0 Å². The predicted octanol–water partition coefficient (Wildman–Crippen LogP) is 2.54. The van der Waals surface area contributed by atoms with Gasteiger partial charge < -0.3 is 4.98 Å². The van der Waals surface area contributed by atoms with Gasteiger partial charge in [0.15, 0.2) is 0 Å². The van der Waals surface area contributed by atoms with E-state index in [0.29, 0.717) is 12.4 Å². The first-order valence-corrected chi connectivity index (χ1v) is 7.25. The highest BCUT2D eigenvalue weighted by atomic mass is 19.4. The minimum atomic E-state index is -4.37. The van der Waals surface area contributed by atoms with Crippen molar-refractivity contribution in [1.29, 1.82) is 0 Å². The summed E-state index contributed by atoms with van der Waals surface area (Å²) >= 11 is 0. The molecule has 0 aliphatic carbocycles. The zero-order chi connectivity index (χ0) is 15.7. The molecule has 8 heteroatoms. The lowest BCUT2D eigenvalue weighted by atomic mass is 9.97. The van der Waals surface area contributed by atoms with Crippen molar-refractivity contribution in [3.8, 4) is 0 Å². The molecule has 0 saturated carbocycles. The molecule has 3 rings (SSSR count). The van der Waals surface area contributed by atoms with Crippen molar-refractivity contribution in [2.45, 2.75) is 31.5 Å². The first kappa shape index (κ1) is 15.1. The summed E-state index contributed by atoms with van der Waals surface area (Å²) in [6, 6.07) is 1.96. The number of likely N-dealkylation sites (tertiary alicyclic amines) is 1. The molecule has 120 valence electrons. The van der Waals surface area contributed by atoms with Gasteiger partial charge in [0.25, 0.3) is 0 Å². The van der Waals surface area contributed by atoms with Gasteiger partial charge in [-0.2, -0.15) is 18.3 Å². The van der Waals surface area contributed by atoms with Crippen LogP contribution in [0.3, 0.4) is 0 Å². The second-order valence-electron chi connectivity index (χ2n) is 5.70. The van der Waals surface area contributed by atoms with Crippen LogP contribution in [0.1, 0.15) is 36.0 Å². The highest BCUT2D eigenvalue weighted by molar-refractivity contribution is 5.10. The van der Waals surface area contributed by atoms with Crippen molar-refractivity contribution in [2.24, 2.45) is 7.05 Å². The molecule has 1 fully saturated rings. The third-order valence-electron chi connectivity index (χ3n) is 4.10. The Morgan fingerprint density at radius 3 is 2.86 bits per heavy atom. The van der Waals surface area contributed by atoms with E-state index in [4.69, 9.17) is 0 Å². The number of nitrogens with one attached hydrogen (secondary N) is 1. The Morgan fingerprint density at radius 1 is 1.41 bits per heavy atom. The van der Waals surface area contributed by atoms with Crippen LogP contribution in [0.2, 0.25) is 0 Å². The second kappa shape index (κ2) is 5.75. The lowest BCUT2D eigenvalue weighted by Gasteiger charge is -2.31. The summed E-state index contributed by atoms with van der Waals surface area (Å²) in [5.74, 6) is 0.445. The van der Waals surface area contributed by atoms with Crippen molar-refractivity contribution in [2.75, 3.05) is 13.1 Å². The van der Waals surface area contributed by atoms with Gasteiger partial charge in [-0.15, -0.1) is 0 Å². The molecule has 1 N–H and O–H groups in total. The summed E-state index contributed by atoms with van der Waals surface area (Å²) in [5, 5.41) is 4.14. The Balaban J connectivity index is 1.68. The van der Waals surface area contributed by atoms with Gasteiger partial charge in [-0.05, 0) is 25.5 Å². The average Bonchev–Trinajstić information content (AvgIpc) is 3.09. The summed E-state index contributed by atoms with van der Waals surface area (Å²) in [6.45, 7) is 2.39. The molecule has 0 radical (unpaired) electrons. The zero-order valence-electron chi connectivity index (χ0n) is 12.3. The molecule has 5 nitrogen and oxygen atoms in total. The molecule has 1 atom stereocenters. The molecule has 0 amide bonds. The van der Waals surface area contributed by atoms with Crippen LogP contribution in [0, 0.1) is 0 Å². The Hall–Kier alpha value is -1.83. The first-order valence-electron chi connectivity index (χ1n) is 7.25. The lowest BCUT2D eigenvalue weighted by molar-refractivity contribution is -0.141. The Kier molecular flexibility index (Phi) is 3.94. The zero-order valence-corrected chi connectivity index (χ0v) is 12.3. The number of halogens is 3. The van der Waals surface area contributed by atoms with Crippen LogP contribution >= 0.6 is 0 Å².